The number of thiol groups is 1. The van der Waals surface area contributed by atoms with Gasteiger partial charge in [-0.2, -0.15) is 0 Å². The molecule has 3 rings (SSSR count). The molecule has 0 aromatic carbocycles. The first-order chi connectivity index (χ1) is 8.63. The van der Waals surface area contributed by atoms with Gasteiger partial charge in [0.2, 0.25) is 0 Å². The van der Waals surface area contributed by atoms with Crippen LogP contribution in [0.25, 0.3) is 0 Å². The summed E-state index contributed by atoms with van der Waals surface area (Å²) in [5, 5.41) is 0.631. The molecule has 2 heterocycles. The van der Waals surface area contributed by atoms with Crippen LogP contribution in [0.5, 0.6) is 0 Å². The van der Waals surface area contributed by atoms with Crippen LogP contribution < -0.4 is 0 Å². The maximum atomic E-state index is 4.63. The molecule has 0 bridgehead atoms. The molecule has 0 radical (unpaired) electrons. The largest absolute Gasteiger partial charge is 0.135 e. The lowest BCUT2D eigenvalue weighted by Gasteiger charge is -2.06. The molecule has 18 heavy (non-hydrogen) atoms. The van der Waals surface area contributed by atoms with Crippen molar-refractivity contribution < 1.29 is 0 Å². The molecule has 0 unspecified atom stereocenters. The van der Waals surface area contributed by atoms with Gasteiger partial charge in [0.05, 0.1) is 16.9 Å². The van der Waals surface area contributed by atoms with E-state index in [4.69, 9.17) is 0 Å². The molecule has 0 N–H and O–H groups in total. The lowest BCUT2D eigenvalue weighted by molar-refractivity contribution is 0.921. The van der Waals surface area contributed by atoms with E-state index in [2.05, 4.69) is 26.5 Å². The molecular formula is C12H14S6. The maximum Gasteiger partial charge on any atom is 0.0717 e. The first-order valence-corrected chi connectivity index (χ1v) is 10.5. The average Bonchev–Trinajstić information content (AvgIpc) is 2.91. The maximum absolute atomic E-state index is 4.63. The summed E-state index contributed by atoms with van der Waals surface area (Å²) in [5.74, 6) is 0. The zero-order valence-corrected chi connectivity index (χ0v) is 15.2. The van der Waals surface area contributed by atoms with Crippen LogP contribution in [0, 0.1) is 0 Å². The second-order valence-corrected chi connectivity index (χ2v) is 11.8. The molecule has 2 aliphatic heterocycles. The minimum Gasteiger partial charge on any atom is -0.135 e. The minimum atomic E-state index is 0.631. The quantitative estimate of drug-likeness (QED) is 0.551. The van der Waals surface area contributed by atoms with Gasteiger partial charge in [0.15, 0.2) is 0 Å². The molecule has 0 aromatic rings. The molecule has 3 aliphatic rings. The van der Waals surface area contributed by atoms with Crippen molar-refractivity contribution >= 4 is 71.4 Å². The Kier molecular flexibility index (Phi) is 4.74. The highest BCUT2D eigenvalue weighted by Crippen LogP contribution is 2.64. The molecule has 1 aliphatic carbocycles. The monoisotopic (exact) mass is 350 g/mol. The van der Waals surface area contributed by atoms with Crippen LogP contribution in [0.2, 0.25) is 0 Å². The predicted molar refractivity (Wildman–Crippen MR) is 97.0 cm³/mol. The third-order valence-electron chi connectivity index (χ3n) is 2.61. The summed E-state index contributed by atoms with van der Waals surface area (Å²) < 4.78 is 5.52. The Labute approximate surface area is 135 Å². The molecule has 0 nitrogen and oxygen atoms in total. The van der Waals surface area contributed by atoms with Crippen molar-refractivity contribution in [3.8, 4) is 0 Å². The highest BCUT2D eigenvalue weighted by Gasteiger charge is 2.30. The fourth-order valence-corrected chi connectivity index (χ4v) is 9.77. The SMILES string of the molecule is CC(C)SC1=C(S)SC(=C2SC3=C(CCC3)S2)S1. The van der Waals surface area contributed by atoms with Crippen LogP contribution >= 0.6 is 71.4 Å². The van der Waals surface area contributed by atoms with Gasteiger partial charge in [0, 0.05) is 15.1 Å². The van der Waals surface area contributed by atoms with Crippen molar-refractivity contribution in [2.45, 2.75) is 38.4 Å². The molecular weight excluding hydrogens is 337 g/mol. The minimum absolute atomic E-state index is 0.631. The van der Waals surface area contributed by atoms with Gasteiger partial charge in [-0.15, -0.1) is 24.4 Å². The predicted octanol–water partition coefficient (Wildman–Crippen LogP) is 6.67. The Hall–Kier alpha value is 1.32. The summed E-state index contributed by atoms with van der Waals surface area (Å²) in [7, 11) is 0. The summed E-state index contributed by atoms with van der Waals surface area (Å²) in [6.45, 7) is 4.48. The van der Waals surface area contributed by atoms with Gasteiger partial charge in [-0.3, -0.25) is 0 Å². The summed E-state index contributed by atoms with van der Waals surface area (Å²) in [6, 6.07) is 0. The van der Waals surface area contributed by atoms with E-state index in [-0.39, 0.29) is 0 Å². The van der Waals surface area contributed by atoms with E-state index in [9.17, 15) is 0 Å². The number of allylic oxidation sites excluding steroid dienone is 2. The van der Waals surface area contributed by atoms with Crippen molar-refractivity contribution in [1.29, 1.82) is 0 Å². The first-order valence-electron chi connectivity index (χ1n) is 5.91. The lowest BCUT2D eigenvalue weighted by Crippen LogP contribution is -1.84. The van der Waals surface area contributed by atoms with Crippen LogP contribution in [0.3, 0.4) is 0 Å². The second-order valence-electron chi connectivity index (χ2n) is 4.44. The van der Waals surface area contributed by atoms with E-state index in [1.807, 2.05) is 58.8 Å². The zero-order valence-electron chi connectivity index (χ0n) is 10.2. The number of hydrogen-bond donors (Lipinski definition) is 1. The van der Waals surface area contributed by atoms with E-state index in [1.165, 1.54) is 36.2 Å². The average molecular weight is 351 g/mol. The van der Waals surface area contributed by atoms with Gasteiger partial charge >= 0.3 is 0 Å². The fraction of sp³-hybridized carbons (Fsp3) is 0.500. The molecule has 0 aromatic heterocycles. The second kappa shape index (κ2) is 5.98. The van der Waals surface area contributed by atoms with E-state index >= 15 is 0 Å². The van der Waals surface area contributed by atoms with Gasteiger partial charge in [-0.25, -0.2) is 0 Å². The molecule has 0 amide bonds. The Morgan fingerprint density at radius 2 is 1.61 bits per heavy atom. The topological polar surface area (TPSA) is 0 Å². The van der Waals surface area contributed by atoms with Crippen molar-refractivity contribution in [3.63, 3.8) is 0 Å². The summed E-state index contributed by atoms with van der Waals surface area (Å²) in [6.07, 6.45) is 3.96. The Morgan fingerprint density at radius 3 is 2.22 bits per heavy atom. The standard InChI is InChI=1S/C12H14S6/c1-6(2)14-10-9(13)17-12(18-10)11-15-7-4-3-5-8(7)16-11/h6,13H,3-5H2,1-2H3. The van der Waals surface area contributed by atoms with E-state index < -0.39 is 0 Å². The molecule has 6 heteroatoms. The fourth-order valence-electron chi connectivity index (χ4n) is 1.88. The number of hydrogen-bond acceptors (Lipinski definition) is 6. The summed E-state index contributed by atoms with van der Waals surface area (Å²) in [4.78, 5) is 3.27. The van der Waals surface area contributed by atoms with E-state index in [1.54, 1.807) is 9.81 Å². The van der Waals surface area contributed by atoms with Crippen molar-refractivity contribution in [2.24, 2.45) is 0 Å². The van der Waals surface area contributed by atoms with Crippen molar-refractivity contribution in [1.82, 2.24) is 0 Å². The van der Waals surface area contributed by atoms with Crippen molar-refractivity contribution in [3.05, 3.63) is 26.8 Å². The van der Waals surface area contributed by atoms with Crippen LogP contribution in [-0.2, 0) is 0 Å². The molecule has 0 saturated carbocycles. The lowest BCUT2D eigenvalue weighted by atomic mass is 10.4. The van der Waals surface area contributed by atoms with Gasteiger partial charge in [0.1, 0.15) is 0 Å². The van der Waals surface area contributed by atoms with Gasteiger partial charge < -0.3 is 0 Å². The number of thioether (sulfide) groups is 5. The van der Waals surface area contributed by atoms with Crippen LogP contribution in [0.15, 0.2) is 26.8 Å². The van der Waals surface area contributed by atoms with Gasteiger partial charge in [-0.05, 0) is 19.3 Å². The van der Waals surface area contributed by atoms with Crippen LogP contribution in [0.4, 0.5) is 0 Å². The highest BCUT2D eigenvalue weighted by molar-refractivity contribution is 8.41. The van der Waals surface area contributed by atoms with Crippen LogP contribution in [-0.4, -0.2) is 5.25 Å². The van der Waals surface area contributed by atoms with Crippen LogP contribution in [0.1, 0.15) is 33.1 Å². The Bertz CT molecular complexity index is 453. The van der Waals surface area contributed by atoms with E-state index in [0.29, 0.717) is 5.25 Å². The molecule has 0 spiro atoms. The zero-order chi connectivity index (χ0) is 12.7. The summed E-state index contributed by atoms with van der Waals surface area (Å²) >= 11 is 14.4. The third kappa shape index (κ3) is 2.98. The Morgan fingerprint density at radius 1 is 1.00 bits per heavy atom. The molecule has 98 valence electrons. The molecule has 0 saturated heterocycles. The smallest absolute Gasteiger partial charge is 0.0717 e. The summed E-state index contributed by atoms with van der Waals surface area (Å²) in [5.41, 5.74) is 0. The van der Waals surface area contributed by atoms with Gasteiger partial charge in [-0.1, -0.05) is 60.9 Å². The normalized spacial score (nSPS) is 24.0. The third-order valence-corrected chi connectivity index (χ3v) is 10.5. The first kappa shape index (κ1) is 14.3. The Balaban J connectivity index is 1.71. The molecule has 0 atom stereocenters. The number of rotatable bonds is 2. The van der Waals surface area contributed by atoms with E-state index in [0.717, 1.165) is 0 Å². The van der Waals surface area contributed by atoms with Gasteiger partial charge in [0.25, 0.3) is 0 Å². The van der Waals surface area contributed by atoms with Crippen molar-refractivity contribution in [2.75, 3.05) is 0 Å². The highest BCUT2D eigenvalue weighted by atomic mass is 32.2. The molecule has 0 fully saturated rings.